The average molecular weight is 505 g/mol. The van der Waals surface area contributed by atoms with Crippen LogP contribution in [0.2, 0.25) is 0 Å². The summed E-state index contributed by atoms with van der Waals surface area (Å²) in [7, 11) is -1.27. The highest BCUT2D eigenvalue weighted by molar-refractivity contribution is 7.92. The smallest absolute Gasteiger partial charge is 0.266 e. The summed E-state index contributed by atoms with van der Waals surface area (Å²) < 4.78 is 52.5. The molecule has 5 rings (SSSR count). The number of ether oxygens (including phenoxy) is 2. The standard InChI is InChI=1S/C25H20N4O6S/c1-32-20-9-7-17(6-8-19-5-3-12-34-19)15-23(20)36(30,31)28-25-24-21(33-2)13-18(14-22(24)35-27-25)16-29-11-4-10-26-29/h3-5,7,9-15H,16H2,1-2H3,(H,27,28). The van der Waals surface area contributed by atoms with E-state index >= 15 is 0 Å². The van der Waals surface area contributed by atoms with Crippen LogP contribution in [0.5, 0.6) is 11.5 Å². The molecule has 36 heavy (non-hydrogen) atoms. The molecule has 0 saturated carbocycles. The molecule has 2 aromatic carbocycles. The molecule has 11 heteroatoms. The monoisotopic (exact) mass is 504 g/mol. The molecule has 182 valence electrons. The topological polar surface area (TPSA) is 122 Å². The lowest BCUT2D eigenvalue weighted by molar-refractivity contribution is 0.403. The molecule has 0 amide bonds. The van der Waals surface area contributed by atoms with E-state index in [9.17, 15) is 8.42 Å². The van der Waals surface area contributed by atoms with Gasteiger partial charge in [-0.1, -0.05) is 11.1 Å². The second-order valence-electron chi connectivity index (χ2n) is 7.60. The minimum absolute atomic E-state index is 0.0124. The molecule has 0 atom stereocenters. The third-order valence-corrected chi connectivity index (χ3v) is 6.62. The predicted octanol–water partition coefficient (Wildman–Crippen LogP) is 3.88. The molecule has 1 N–H and O–H groups in total. The Morgan fingerprint density at radius 1 is 1.06 bits per heavy atom. The highest BCUT2D eigenvalue weighted by Gasteiger charge is 2.25. The predicted molar refractivity (Wildman–Crippen MR) is 130 cm³/mol. The van der Waals surface area contributed by atoms with Gasteiger partial charge in [0, 0.05) is 18.0 Å². The number of benzene rings is 2. The van der Waals surface area contributed by atoms with Gasteiger partial charge in [0.25, 0.3) is 10.0 Å². The Hall–Kier alpha value is -4.69. The fourth-order valence-corrected chi connectivity index (χ4v) is 4.83. The molecule has 0 aliphatic rings. The molecule has 0 spiro atoms. The van der Waals surface area contributed by atoms with Crippen molar-refractivity contribution in [3.8, 4) is 23.3 Å². The Kier molecular flexibility index (Phi) is 6.10. The molecule has 0 saturated heterocycles. The van der Waals surface area contributed by atoms with E-state index in [0.29, 0.717) is 34.6 Å². The van der Waals surface area contributed by atoms with Crippen molar-refractivity contribution in [3.63, 3.8) is 0 Å². The van der Waals surface area contributed by atoms with Crippen molar-refractivity contribution in [3.05, 3.63) is 84.1 Å². The summed E-state index contributed by atoms with van der Waals surface area (Å²) in [5.41, 5.74) is 1.66. The van der Waals surface area contributed by atoms with Crippen LogP contribution in [0.25, 0.3) is 11.0 Å². The van der Waals surface area contributed by atoms with Crippen molar-refractivity contribution in [2.45, 2.75) is 11.4 Å². The van der Waals surface area contributed by atoms with Gasteiger partial charge in [0.1, 0.15) is 21.8 Å². The first-order chi connectivity index (χ1) is 17.5. The third kappa shape index (κ3) is 4.62. The van der Waals surface area contributed by atoms with E-state index in [1.54, 1.807) is 41.2 Å². The second kappa shape index (κ2) is 9.52. The van der Waals surface area contributed by atoms with E-state index in [1.807, 2.05) is 12.3 Å². The first-order valence-corrected chi connectivity index (χ1v) is 12.2. The van der Waals surface area contributed by atoms with Gasteiger partial charge in [-0.15, -0.1) is 0 Å². The Labute approximate surface area is 206 Å². The summed E-state index contributed by atoms with van der Waals surface area (Å²) >= 11 is 0. The van der Waals surface area contributed by atoms with Crippen molar-refractivity contribution >= 4 is 26.8 Å². The first-order valence-electron chi connectivity index (χ1n) is 10.7. The van der Waals surface area contributed by atoms with E-state index in [4.69, 9.17) is 18.4 Å². The van der Waals surface area contributed by atoms with E-state index < -0.39 is 10.0 Å². The number of nitrogens with zero attached hydrogens (tertiary/aromatic N) is 3. The van der Waals surface area contributed by atoms with Gasteiger partial charge in [0.2, 0.25) is 0 Å². The van der Waals surface area contributed by atoms with Crippen LogP contribution < -0.4 is 14.2 Å². The van der Waals surface area contributed by atoms with Gasteiger partial charge < -0.3 is 18.4 Å². The summed E-state index contributed by atoms with van der Waals surface area (Å²) in [6.45, 7) is 0.476. The number of fused-ring (bicyclic) bond motifs is 1. The number of sulfonamides is 1. The Bertz CT molecular complexity index is 1680. The molecule has 5 aromatic rings. The number of furan rings is 1. The highest BCUT2D eigenvalue weighted by atomic mass is 32.2. The zero-order valence-electron chi connectivity index (χ0n) is 19.3. The quantitative estimate of drug-likeness (QED) is 0.332. The summed E-state index contributed by atoms with van der Waals surface area (Å²) in [5.74, 6) is 6.72. The molecular weight excluding hydrogens is 484 g/mol. The maximum absolute atomic E-state index is 13.4. The Morgan fingerprint density at radius 3 is 2.64 bits per heavy atom. The molecule has 0 bridgehead atoms. The molecule has 0 radical (unpaired) electrons. The zero-order chi connectivity index (χ0) is 25.1. The van der Waals surface area contributed by atoms with Crippen LogP contribution in [0.1, 0.15) is 16.9 Å². The van der Waals surface area contributed by atoms with Gasteiger partial charge in [0.05, 0.1) is 27.0 Å². The van der Waals surface area contributed by atoms with Crippen molar-refractivity contribution in [2.75, 3.05) is 18.9 Å². The minimum atomic E-state index is -4.15. The third-order valence-electron chi connectivity index (χ3n) is 5.26. The van der Waals surface area contributed by atoms with Crippen molar-refractivity contribution in [1.29, 1.82) is 0 Å². The second-order valence-corrected chi connectivity index (χ2v) is 9.26. The van der Waals surface area contributed by atoms with Crippen molar-refractivity contribution in [2.24, 2.45) is 0 Å². The highest BCUT2D eigenvalue weighted by Crippen LogP contribution is 2.36. The lowest BCUT2D eigenvalue weighted by Crippen LogP contribution is -2.15. The summed E-state index contributed by atoms with van der Waals surface area (Å²) in [5, 5.41) is 8.54. The van der Waals surface area contributed by atoms with Crippen LogP contribution in [-0.2, 0) is 16.6 Å². The van der Waals surface area contributed by atoms with Gasteiger partial charge in [-0.25, -0.2) is 8.42 Å². The normalized spacial score (nSPS) is 11.2. The number of aromatic nitrogens is 3. The molecule has 3 aromatic heterocycles. The average Bonchev–Trinajstić information content (AvgIpc) is 3.65. The maximum atomic E-state index is 13.4. The Balaban J connectivity index is 1.50. The number of nitrogens with one attached hydrogen (secondary N) is 1. The Morgan fingerprint density at radius 2 is 1.92 bits per heavy atom. The summed E-state index contributed by atoms with van der Waals surface area (Å²) in [6, 6.07) is 13.4. The van der Waals surface area contributed by atoms with Gasteiger partial charge in [-0.3, -0.25) is 9.40 Å². The minimum Gasteiger partial charge on any atom is -0.496 e. The lowest BCUT2D eigenvalue weighted by atomic mass is 10.1. The molecule has 0 aliphatic carbocycles. The van der Waals surface area contributed by atoms with Crippen LogP contribution in [0.3, 0.4) is 0 Å². The van der Waals surface area contributed by atoms with E-state index in [0.717, 1.165) is 5.56 Å². The van der Waals surface area contributed by atoms with Gasteiger partial charge in [-0.05, 0) is 60.0 Å². The number of rotatable bonds is 7. The fraction of sp³-hybridized carbons (Fsp3) is 0.120. The molecule has 0 fully saturated rings. The zero-order valence-corrected chi connectivity index (χ0v) is 20.1. The molecular formula is C25H20N4O6S. The molecule has 0 unspecified atom stereocenters. The van der Waals surface area contributed by atoms with Gasteiger partial charge in [-0.2, -0.15) is 5.10 Å². The van der Waals surface area contributed by atoms with Gasteiger partial charge >= 0.3 is 0 Å². The maximum Gasteiger partial charge on any atom is 0.266 e. The van der Waals surface area contributed by atoms with E-state index in [2.05, 4.69) is 26.8 Å². The summed E-state index contributed by atoms with van der Waals surface area (Å²) in [4.78, 5) is -0.110. The number of hydrogen-bond acceptors (Lipinski definition) is 8. The molecule has 0 aliphatic heterocycles. The van der Waals surface area contributed by atoms with Crippen LogP contribution in [0, 0.1) is 11.8 Å². The summed E-state index contributed by atoms with van der Waals surface area (Å²) in [6.07, 6.45) is 5.02. The molecule has 10 nitrogen and oxygen atoms in total. The largest absolute Gasteiger partial charge is 0.496 e. The fourth-order valence-electron chi connectivity index (χ4n) is 3.62. The van der Waals surface area contributed by atoms with Crippen LogP contribution in [-0.4, -0.2) is 37.6 Å². The van der Waals surface area contributed by atoms with Crippen LogP contribution >= 0.6 is 0 Å². The first kappa shape index (κ1) is 23.1. The van der Waals surface area contributed by atoms with Crippen molar-refractivity contribution in [1.82, 2.24) is 14.9 Å². The number of anilines is 1. The SMILES string of the molecule is COc1ccc(C#Cc2ccco2)cc1S(=O)(=O)Nc1noc2cc(Cn3cccn3)cc(OC)c12. The van der Waals surface area contributed by atoms with E-state index in [1.165, 1.54) is 32.6 Å². The number of methoxy groups -OCH3 is 2. The van der Waals surface area contributed by atoms with Crippen LogP contribution in [0.4, 0.5) is 5.82 Å². The van der Waals surface area contributed by atoms with Gasteiger partial charge in [0.15, 0.2) is 17.2 Å². The lowest BCUT2D eigenvalue weighted by Gasteiger charge is -2.11. The molecule has 3 heterocycles. The van der Waals surface area contributed by atoms with E-state index in [-0.39, 0.29) is 16.5 Å². The number of hydrogen-bond donors (Lipinski definition) is 1. The van der Waals surface area contributed by atoms with Crippen molar-refractivity contribution < 1.29 is 26.8 Å². The van der Waals surface area contributed by atoms with Crippen LogP contribution in [0.15, 0.2) is 81.0 Å².